The second kappa shape index (κ2) is 5.77. The van der Waals surface area contributed by atoms with Gasteiger partial charge in [0, 0.05) is 18.2 Å². The second-order valence-corrected chi connectivity index (χ2v) is 5.17. The first-order valence-electron chi connectivity index (χ1n) is 7.10. The Morgan fingerprint density at radius 3 is 2.76 bits per heavy atom. The Morgan fingerprint density at radius 2 is 2.10 bits per heavy atom. The lowest BCUT2D eigenvalue weighted by atomic mass is 10.1. The highest BCUT2D eigenvalue weighted by molar-refractivity contribution is 5.90. The van der Waals surface area contributed by atoms with Crippen molar-refractivity contribution in [2.24, 2.45) is 0 Å². The summed E-state index contributed by atoms with van der Waals surface area (Å²) in [5.74, 6) is 1.22. The van der Waals surface area contributed by atoms with E-state index in [1.807, 2.05) is 6.07 Å². The van der Waals surface area contributed by atoms with E-state index in [0.717, 1.165) is 24.8 Å². The average molecular weight is 289 g/mol. The van der Waals surface area contributed by atoms with Gasteiger partial charge in [0.15, 0.2) is 11.5 Å². The highest BCUT2D eigenvalue weighted by Gasteiger charge is 2.18. The fourth-order valence-corrected chi connectivity index (χ4v) is 2.84. The van der Waals surface area contributed by atoms with E-state index in [0.29, 0.717) is 23.4 Å². The molecule has 1 saturated heterocycles. The van der Waals surface area contributed by atoms with Gasteiger partial charge in [-0.15, -0.1) is 0 Å². The van der Waals surface area contributed by atoms with Gasteiger partial charge in [-0.25, -0.2) is 0 Å². The zero-order chi connectivity index (χ0) is 14.8. The van der Waals surface area contributed by atoms with Gasteiger partial charge in [-0.1, -0.05) is 0 Å². The third-order valence-corrected chi connectivity index (χ3v) is 3.92. The molecule has 0 N–H and O–H groups in total. The molecule has 1 aliphatic rings. The van der Waals surface area contributed by atoms with E-state index >= 15 is 0 Å². The predicted octanol–water partition coefficient (Wildman–Crippen LogP) is 2.20. The molecular weight excluding hydrogens is 270 g/mol. The van der Waals surface area contributed by atoms with Crippen molar-refractivity contribution in [3.63, 3.8) is 0 Å². The first kappa shape index (κ1) is 13.9. The van der Waals surface area contributed by atoms with Gasteiger partial charge in [0.1, 0.15) is 0 Å². The molecule has 0 saturated carbocycles. The lowest BCUT2D eigenvalue weighted by Crippen LogP contribution is -2.25. The van der Waals surface area contributed by atoms with Crippen LogP contribution in [-0.4, -0.2) is 31.5 Å². The van der Waals surface area contributed by atoms with Gasteiger partial charge in [-0.2, -0.15) is 0 Å². The molecule has 5 nitrogen and oxygen atoms in total. The van der Waals surface area contributed by atoms with Crippen LogP contribution in [0.2, 0.25) is 0 Å². The molecule has 2 heterocycles. The molecule has 5 heteroatoms. The lowest BCUT2D eigenvalue weighted by Gasteiger charge is -2.14. The molecule has 0 amide bonds. The maximum atomic E-state index is 12.6. The minimum atomic E-state index is -0.0241. The van der Waals surface area contributed by atoms with Crippen molar-refractivity contribution in [2.45, 2.75) is 25.5 Å². The maximum absolute atomic E-state index is 12.6. The van der Waals surface area contributed by atoms with Crippen LogP contribution in [0.1, 0.15) is 12.8 Å². The fraction of sp³-hybridized carbons (Fsp3) is 0.438. The van der Waals surface area contributed by atoms with E-state index in [2.05, 4.69) is 0 Å². The van der Waals surface area contributed by atoms with Crippen LogP contribution in [0.25, 0.3) is 10.8 Å². The Kier molecular flexibility index (Phi) is 3.84. The normalized spacial score (nSPS) is 18.1. The van der Waals surface area contributed by atoms with E-state index in [4.69, 9.17) is 14.2 Å². The van der Waals surface area contributed by atoms with Gasteiger partial charge in [-0.3, -0.25) is 4.79 Å². The average Bonchev–Trinajstić information content (AvgIpc) is 3.02. The van der Waals surface area contributed by atoms with Gasteiger partial charge in [-0.05, 0) is 31.0 Å². The smallest absolute Gasteiger partial charge is 0.258 e. The lowest BCUT2D eigenvalue weighted by molar-refractivity contribution is 0.0963. The third kappa shape index (κ3) is 2.49. The molecule has 0 unspecified atom stereocenters. The Morgan fingerprint density at radius 1 is 1.24 bits per heavy atom. The van der Waals surface area contributed by atoms with Gasteiger partial charge >= 0.3 is 0 Å². The monoisotopic (exact) mass is 289 g/mol. The molecule has 0 radical (unpaired) electrons. The molecule has 0 spiro atoms. The summed E-state index contributed by atoms with van der Waals surface area (Å²) in [4.78, 5) is 12.6. The molecule has 1 atom stereocenters. The minimum Gasteiger partial charge on any atom is -0.493 e. The summed E-state index contributed by atoms with van der Waals surface area (Å²) < 4.78 is 18.0. The summed E-state index contributed by atoms with van der Waals surface area (Å²) in [7, 11) is 3.16. The molecule has 0 bridgehead atoms. The van der Waals surface area contributed by atoms with E-state index in [1.165, 1.54) is 0 Å². The van der Waals surface area contributed by atoms with E-state index < -0.39 is 0 Å². The van der Waals surface area contributed by atoms with Crippen molar-refractivity contribution in [2.75, 3.05) is 20.8 Å². The molecule has 1 aromatic heterocycles. The van der Waals surface area contributed by atoms with Crippen LogP contribution in [0.5, 0.6) is 11.5 Å². The third-order valence-electron chi connectivity index (χ3n) is 3.92. The van der Waals surface area contributed by atoms with E-state index in [1.54, 1.807) is 37.1 Å². The fourth-order valence-electron chi connectivity index (χ4n) is 2.84. The Hall–Kier alpha value is -2.01. The van der Waals surface area contributed by atoms with Crippen molar-refractivity contribution in [3.8, 4) is 11.5 Å². The molecule has 1 aromatic carbocycles. The molecule has 0 aliphatic carbocycles. The highest BCUT2D eigenvalue weighted by atomic mass is 16.5. The maximum Gasteiger partial charge on any atom is 0.258 e. The Bertz CT molecular complexity index is 701. The number of rotatable bonds is 4. The number of aromatic nitrogens is 1. The zero-order valence-corrected chi connectivity index (χ0v) is 12.3. The molecule has 112 valence electrons. The quantitative estimate of drug-likeness (QED) is 0.866. The highest BCUT2D eigenvalue weighted by Crippen LogP contribution is 2.33. The number of benzene rings is 1. The number of fused-ring (bicyclic) bond motifs is 1. The molecule has 2 aromatic rings. The van der Waals surface area contributed by atoms with Crippen molar-refractivity contribution < 1.29 is 14.2 Å². The molecular formula is C16H19NO4. The standard InChI is InChI=1S/C16H19NO4/c1-19-14-6-5-13-12(15(14)20-2)7-8-17(16(13)18)10-11-4-3-9-21-11/h5-8,11H,3-4,9-10H2,1-2H3/t11-/m1/s1. The minimum absolute atomic E-state index is 0.0241. The van der Waals surface area contributed by atoms with E-state index in [9.17, 15) is 4.79 Å². The summed E-state index contributed by atoms with van der Waals surface area (Å²) in [6.07, 6.45) is 4.02. The van der Waals surface area contributed by atoms with E-state index in [-0.39, 0.29) is 11.7 Å². The van der Waals surface area contributed by atoms with Gasteiger partial charge < -0.3 is 18.8 Å². The summed E-state index contributed by atoms with van der Waals surface area (Å²) in [6, 6.07) is 5.44. The summed E-state index contributed by atoms with van der Waals surface area (Å²) in [5.41, 5.74) is -0.0241. The Labute approximate surface area is 123 Å². The van der Waals surface area contributed by atoms with Crippen LogP contribution < -0.4 is 15.0 Å². The van der Waals surface area contributed by atoms with Crippen molar-refractivity contribution in [1.29, 1.82) is 0 Å². The number of ether oxygens (including phenoxy) is 3. The second-order valence-electron chi connectivity index (χ2n) is 5.17. The molecule has 3 rings (SSSR count). The van der Waals surface area contributed by atoms with Gasteiger partial charge in [0.2, 0.25) is 0 Å². The summed E-state index contributed by atoms with van der Waals surface area (Å²) in [6.45, 7) is 1.39. The van der Waals surface area contributed by atoms with Crippen LogP contribution in [0, 0.1) is 0 Å². The molecule has 1 fully saturated rings. The van der Waals surface area contributed by atoms with Crippen LogP contribution in [0.15, 0.2) is 29.2 Å². The molecule has 21 heavy (non-hydrogen) atoms. The SMILES string of the molecule is COc1ccc2c(=O)n(C[C@H]3CCCO3)ccc2c1OC. The predicted molar refractivity (Wildman–Crippen MR) is 80.3 cm³/mol. The first-order valence-corrected chi connectivity index (χ1v) is 7.10. The van der Waals surface area contributed by atoms with Crippen LogP contribution in [0.4, 0.5) is 0 Å². The van der Waals surface area contributed by atoms with Crippen LogP contribution in [0.3, 0.4) is 0 Å². The van der Waals surface area contributed by atoms with Gasteiger partial charge in [0.05, 0.1) is 32.3 Å². The largest absolute Gasteiger partial charge is 0.493 e. The number of nitrogens with zero attached hydrogens (tertiary/aromatic N) is 1. The number of methoxy groups -OCH3 is 2. The summed E-state index contributed by atoms with van der Waals surface area (Å²) >= 11 is 0. The number of pyridine rings is 1. The van der Waals surface area contributed by atoms with Crippen molar-refractivity contribution in [3.05, 3.63) is 34.7 Å². The first-order chi connectivity index (χ1) is 10.2. The van der Waals surface area contributed by atoms with Gasteiger partial charge in [0.25, 0.3) is 5.56 Å². The van der Waals surface area contributed by atoms with Crippen LogP contribution in [-0.2, 0) is 11.3 Å². The van der Waals surface area contributed by atoms with Crippen LogP contribution >= 0.6 is 0 Å². The topological polar surface area (TPSA) is 49.7 Å². The Balaban J connectivity index is 2.06. The number of hydrogen-bond donors (Lipinski definition) is 0. The van der Waals surface area contributed by atoms with Crippen molar-refractivity contribution in [1.82, 2.24) is 4.57 Å². The molecule has 1 aliphatic heterocycles. The zero-order valence-electron chi connectivity index (χ0n) is 12.3. The summed E-state index contributed by atoms with van der Waals surface area (Å²) in [5, 5.41) is 1.40. The number of hydrogen-bond acceptors (Lipinski definition) is 4. The van der Waals surface area contributed by atoms with Crippen molar-refractivity contribution >= 4 is 10.8 Å².